The minimum Gasteiger partial charge on any atom is -0.496 e. The summed E-state index contributed by atoms with van der Waals surface area (Å²) in [4.78, 5) is 18.6. The molecule has 6 heteroatoms. The second-order valence-electron chi connectivity index (χ2n) is 10.1. The lowest BCUT2D eigenvalue weighted by Gasteiger charge is -2.36. The number of hydrogen-bond donors (Lipinski definition) is 1. The second kappa shape index (κ2) is 10.6. The molecule has 1 amide bonds. The molecule has 1 saturated carbocycles. The molecule has 1 fully saturated rings. The van der Waals surface area contributed by atoms with Crippen LogP contribution in [0, 0.1) is 13.8 Å². The Morgan fingerprint density at radius 3 is 2.27 bits per heavy atom. The van der Waals surface area contributed by atoms with Crippen LogP contribution >= 0.6 is 0 Å². The van der Waals surface area contributed by atoms with Gasteiger partial charge in [0.2, 0.25) is 0 Å². The van der Waals surface area contributed by atoms with E-state index in [-0.39, 0.29) is 12.1 Å². The molecule has 1 aliphatic carbocycles. The fraction of sp³-hybridized carbons (Fsp3) is 0.556. The first-order chi connectivity index (χ1) is 15.6. The number of aryl methyl sites for hydroxylation is 2. The van der Waals surface area contributed by atoms with Gasteiger partial charge >= 0.3 is 6.09 Å². The highest BCUT2D eigenvalue weighted by Crippen LogP contribution is 2.29. The summed E-state index contributed by atoms with van der Waals surface area (Å²) in [6.07, 6.45) is 3.77. The second-order valence-corrected chi connectivity index (χ2v) is 10.1. The van der Waals surface area contributed by atoms with Crippen molar-refractivity contribution >= 4 is 6.09 Å². The quantitative estimate of drug-likeness (QED) is 0.613. The maximum absolute atomic E-state index is 12.4. The largest absolute Gasteiger partial charge is 0.496 e. The molecular weight excluding hydrogens is 414 g/mol. The minimum absolute atomic E-state index is 0.230. The van der Waals surface area contributed by atoms with Gasteiger partial charge in [0.05, 0.1) is 7.11 Å². The highest BCUT2D eigenvalue weighted by atomic mass is 16.6. The Hall–Kier alpha value is -2.60. The van der Waals surface area contributed by atoms with Gasteiger partial charge in [-0.15, -0.1) is 0 Å². The van der Waals surface area contributed by atoms with Crippen molar-refractivity contribution in [3.8, 4) is 16.9 Å². The van der Waals surface area contributed by atoms with Crippen LogP contribution in [-0.4, -0.2) is 47.8 Å². The van der Waals surface area contributed by atoms with Crippen LogP contribution in [0.2, 0.25) is 0 Å². The van der Waals surface area contributed by atoms with E-state index in [1.54, 1.807) is 12.0 Å². The number of amides is 1. The van der Waals surface area contributed by atoms with Crippen molar-refractivity contribution in [1.29, 1.82) is 0 Å². The Kier molecular flexibility index (Phi) is 8.01. The molecule has 1 aliphatic rings. The molecule has 1 N–H and O–H groups in total. The van der Waals surface area contributed by atoms with Crippen molar-refractivity contribution in [3.05, 3.63) is 47.3 Å². The number of benzene rings is 1. The zero-order valence-electron chi connectivity index (χ0n) is 21.2. The molecule has 6 nitrogen and oxygen atoms in total. The van der Waals surface area contributed by atoms with Crippen LogP contribution in [0.1, 0.15) is 63.4 Å². The van der Waals surface area contributed by atoms with Gasteiger partial charge in [0.1, 0.15) is 11.4 Å². The molecule has 1 heterocycles. The van der Waals surface area contributed by atoms with Crippen LogP contribution in [-0.2, 0) is 11.3 Å². The van der Waals surface area contributed by atoms with Gasteiger partial charge in [-0.25, -0.2) is 4.79 Å². The van der Waals surface area contributed by atoms with Crippen molar-refractivity contribution in [2.75, 3.05) is 14.2 Å². The predicted molar refractivity (Wildman–Crippen MR) is 133 cm³/mol. The van der Waals surface area contributed by atoms with Crippen LogP contribution in [0.3, 0.4) is 0 Å². The van der Waals surface area contributed by atoms with E-state index in [4.69, 9.17) is 9.47 Å². The number of ether oxygens (including phenoxy) is 2. The SMILES string of the molecule is COc1ccc(-c2cc(C)nc(C)c2)cc1CNC1CCC(N(C)C(=O)OC(C)(C)C)CC1. The summed E-state index contributed by atoms with van der Waals surface area (Å²) < 4.78 is 11.2. The van der Waals surface area contributed by atoms with Crippen LogP contribution in [0.5, 0.6) is 5.75 Å². The molecular formula is C27H39N3O3. The first-order valence-corrected chi connectivity index (χ1v) is 11.9. The van der Waals surface area contributed by atoms with Crippen LogP contribution in [0.15, 0.2) is 30.3 Å². The fourth-order valence-corrected chi connectivity index (χ4v) is 4.50. The maximum Gasteiger partial charge on any atom is 0.410 e. The number of hydrogen-bond acceptors (Lipinski definition) is 5. The summed E-state index contributed by atoms with van der Waals surface area (Å²) in [6, 6.07) is 11.3. The Bertz CT molecular complexity index is 939. The Morgan fingerprint density at radius 2 is 1.70 bits per heavy atom. The smallest absolute Gasteiger partial charge is 0.410 e. The zero-order valence-corrected chi connectivity index (χ0v) is 21.2. The lowest BCUT2D eigenvalue weighted by atomic mass is 9.90. The van der Waals surface area contributed by atoms with Gasteiger partial charge in [0.15, 0.2) is 0 Å². The summed E-state index contributed by atoms with van der Waals surface area (Å²) in [5.41, 5.74) is 5.07. The highest BCUT2D eigenvalue weighted by Gasteiger charge is 2.29. The van der Waals surface area contributed by atoms with Crippen molar-refractivity contribution in [1.82, 2.24) is 15.2 Å². The molecule has 3 rings (SSSR count). The van der Waals surface area contributed by atoms with Gasteiger partial charge in [-0.2, -0.15) is 0 Å². The highest BCUT2D eigenvalue weighted by molar-refractivity contribution is 5.68. The molecule has 0 bridgehead atoms. The monoisotopic (exact) mass is 453 g/mol. The van der Waals surface area contributed by atoms with Crippen LogP contribution in [0.4, 0.5) is 4.79 Å². The van der Waals surface area contributed by atoms with E-state index >= 15 is 0 Å². The summed E-state index contributed by atoms with van der Waals surface area (Å²) in [7, 11) is 3.57. The Morgan fingerprint density at radius 1 is 1.06 bits per heavy atom. The maximum atomic E-state index is 12.4. The van der Waals surface area contributed by atoms with E-state index in [1.807, 2.05) is 47.7 Å². The lowest BCUT2D eigenvalue weighted by Crippen LogP contribution is -2.44. The molecule has 0 unspecified atom stereocenters. The predicted octanol–water partition coefficient (Wildman–Crippen LogP) is 5.64. The number of pyridine rings is 1. The standard InChI is InChI=1S/C27H39N3O3/c1-18-14-21(15-19(2)29-18)20-8-13-25(32-7)22(16-20)17-28-23-9-11-24(12-10-23)30(6)26(31)33-27(3,4)5/h8,13-16,23-24,28H,9-12,17H2,1-7H3. The molecule has 2 aromatic rings. The van der Waals surface area contributed by atoms with Gasteiger partial charge in [-0.1, -0.05) is 6.07 Å². The molecule has 0 atom stereocenters. The summed E-state index contributed by atoms with van der Waals surface area (Å²) >= 11 is 0. The van der Waals surface area contributed by atoms with E-state index in [0.29, 0.717) is 6.04 Å². The van der Waals surface area contributed by atoms with Gasteiger partial charge in [0.25, 0.3) is 0 Å². The normalized spacial score (nSPS) is 18.6. The average Bonchev–Trinajstić information content (AvgIpc) is 2.75. The van der Waals surface area contributed by atoms with E-state index in [2.05, 4.69) is 34.6 Å². The topological polar surface area (TPSA) is 63.7 Å². The number of aromatic nitrogens is 1. The third kappa shape index (κ3) is 6.94. The third-order valence-corrected chi connectivity index (χ3v) is 6.20. The zero-order chi connectivity index (χ0) is 24.2. The molecule has 0 saturated heterocycles. The van der Waals surface area contributed by atoms with E-state index < -0.39 is 5.60 Å². The summed E-state index contributed by atoms with van der Waals surface area (Å²) in [5, 5.41) is 3.71. The molecule has 0 radical (unpaired) electrons. The van der Waals surface area contributed by atoms with Crippen molar-refractivity contribution in [2.24, 2.45) is 0 Å². The number of carbonyl (C=O) groups excluding carboxylic acids is 1. The number of nitrogens with zero attached hydrogens (tertiary/aromatic N) is 2. The molecule has 1 aromatic heterocycles. The van der Waals surface area contributed by atoms with E-state index in [0.717, 1.165) is 54.9 Å². The molecule has 180 valence electrons. The van der Waals surface area contributed by atoms with Crippen molar-refractivity contribution < 1.29 is 14.3 Å². The molecule has 0 aliphatic heterocycles. The Balaban J connectivity index is 1.60. The number of methoxy groups -OCH3 is 1. The first kappa shape index (κ1) is 25.0. The van der Waals surface area contributed by atoms with Crippen LogP contribution < -0.4 is 10.1 Å². The summed E-state index contributed by atoms with van der Waals surface area (Å²) in [6.45, 7) is 10.5. The van der Waals surface area contributed by atoms with Gasteiger partial charge in [-0.05, 0) is 95.7 Å². The molecule has 1 aromatic carbocycles. The minimum atomic E-state index is -0.467. The van der Waals surface area contributed by atoms with Gasteiger partial charge in [-0.3, -0.25) is 4.98 Å². The third-order valence-electron chi connectivity index (χ3n) is 6.20. The fourth-order valence-electron chi connectivity index (χ4n) is 4.50. The number of nitrogens with one attached hydrogen (secondary N) is 1. The molecule has 0 spiro atoms. The van der Waals surface area contributed by atoms with E-state index in [9.17, 15) is 4.79 Å². The Labute approximate surface area is 198 Å². The van der Waals surface area contributed by atoms with Gasteiger partial charge in [0, 0.05) is 42.6 Å². The average molecular weight is 454 g/mol. The number of rotatable bonds is 6. The molecule has 33 heavy (non-hydrogen) atoms. The van der Waals surface area contributed by atoms with Gasteiger partial charge < -0.3 is 19.7 Å². The first-order valence-electron chi connectivity index (χ1n) is 11.9. The summed E-state index contributed by atoms with van der Waals surface area (Å²) in [5.74, 6) is 0.895. The van der Waals surface area contributed by atoms with Crippen LogP contribution in [0.25, 0.3) is 11.1 Å². The van der Waals surface area contributed by atoms with E-state index in [1.165, 1.54) is 11.1 Å². The number of carbonyl (C=O) groups is 1. The lowest BCUT2D eigenvalue weighted by molar-refractivity contribution is 0.0179. The van der Waals surface area contributed by atoms with Crippen molar-refractivity contribution in [3.63, 3.8) is 0 Å². The van der Waals surface area contributed by atoms with Crippen molar-refractivity contribution in [2.45, 2.75) is 84.5 Å².